The molecule has 3 aliphatic rings. The number of H-pyrrole nitrogens is 1. The number of phenols is 1. The molecular formula is C71H71F4IN18O7. The van der Waals surface area contributed by atoms with E-state index in [9.17, 15) is 22.7 Å². The summed E-state index contributed by atoms with van der Waals surface area (Å²) in [5, 5.41) is 46.4. The molecule has 0 saturated carbocycles. The van der Waals surface area contributed by atoms with Gasteiger partial charge in [0.15, 0.2) is 22.6 Å². The minimum absolute atomic E-state index is 0.00857. The Morgan fingerprint density at radius 2 is 0.871 bits per heavy atom. The van der Waals surface area contributed by atoms with E-state index >= 15 is 0 Å². The van der Waals surface area contributed by atoms with Gasteiger partial charge in [-0.2, -0.15) is 25.5 Å². The van der Waals surface area contributed by atoms with Gasteiger partial charge in [-0.3, -0.25) is 5.10 Å². The molecule has 16 rings (SSSR count). The fourth-order valence-electron chi connectivity index (χ4n) is 11.6. The van der Waals surface area contributed by atoms with Gasteiger partial charge in [0, 0.05) is 95.8 Å². The highest BCUT2D eigenvalue weighted by Crippen LogP contribution is 2.35. The van der Waals surface area contributed by atoms with Gasteiger partial charge >= 0.3 is 0 Å². The van der Waals surface area contributed by atoms with E-state index in [1.54, 1.807) is 91.8 Å². The minimum Gasteiger partial charge on any atom is -0.508 e. The largest absolute Gasteiger partial charge is 0.508 e. The van der Waals surface area contributed by atoms with E-state index in [2.05, 4.69) is 89.4 Å². The second-order valence-corrected chi connectivity index (χ2v) is 25.3. The quantitative estimate of drug-likeness (QED) is 0.0324. The van der Waals surface area contributed by atoms with Crippen LogP contribution in [0.15, 0.2) is 171 Å². The van der Waals surface area contributed by atoms with Crippen molar-refractivity contribution in [3.8, 4) is 34.1 Å². The molecular weight excluding hydrogens is 1420 g/mol. The lowest BCUT2D eigenvalue weighted by molar-refractivity contribution is 0.140. The van der Waals surface area contributed by atoms with Crippen LogP contribution in [0.3, 0.4) is 0 Å². The number of hydrogen-bond acceptors (Lipinski definition) is 20. The lowest BCUT2D eigenvalue weighted by Gasteiger charge is -2.21. The van der Waals surface area contributed by atoms with Crippen LogP contribution in [0.4, 0.5) is 40.8 Å². The van der Waals surface area contributed by atoms with Crippen molar-refractivity contribution in [1.82, 2.24) is 68.6 Å². The summed E-state index contributed by atoms with van der Waals surface area (Å²) in [6, 6.07) is 27.7. The first-order valence-corrected chi connectivity index (χ1v) is 33.8. The number of benzene rings is 4. The van der Waals surface area contributed by atoms with Crippen LogP contribution in [0.25, 0.3) is 33.7 Å². The first kappa shape index (κ1) is 68.8. The van der Waals surface area contributed by atoms with Gasteiger partial charge in [0.2, 0.25) is 0 Å². The fraction of sp³-hybridized carbons (Fsp3) is 0.282. The third-order valence-corrected chi connectivity index (χ3v) is 17.6. The van der Waals surface area contributed by atoms with Gasteiger partial charge < -0.3 is 54.8 Å². The normalized spacial score (nSPS) is 16.9. The molecule has 3 fully saturated rings. The molecule has 3 aliphatic heterocycles. The summed E-state index contributed by atoms with van der Waals surface area (Å²) < 4.78 is 96.8. The van der Waals surface area contributed by atoms with E-state index < -0.39 is 0 Å². The van der Waals surface area contributed by atoms with Gasteiger partial charge in [0.25, 0.3) is 0 Å². The summed E-state index contributed by atoms with van der Waals surface area (Å²) in [7, 11) is 0. The van der Waals surface area contributed by atoms with Crippen LogP contribution in [-0.4, -0.2) is 132 Å². The number of phenolic OH excluding ortho intramolecular Hbond substituents is 1. The SMILES string of the molecule is CC(Nc1ccn2ncc(-c3cn[nH]c3)c2n1)c1cc(F)ccc1OC1CCOC1.CC(Nc1ccn2ncc(I)c2n1)c1cc(F)ccc1OC1CCOC1.CC(Nc1ccn2nccc2n1)c1cc(F)ccc1O.CC(Nc1ccn2nccc2n1)c1cc(F)ccc1OC1CCOC1. The van der Waals surface area contributed by atoms with E-state index in [0.717, 1.165) is 61.9 Å². The molecule has 12 heterocycles. The third kappa shape index (κ3) is 17.1. The number of aromatic nitrogens is 14. The van der Waals surface area contributed by atoms with Crippen LogP contribution in [0.5, 0.6) is 23.0 Å². The van der Waals surface area contributed by atoms with Crippen molar-refractivity contribution in [2.75, 3.05) is 60.9 Å². The van der Waals surface area contributed by atoms with Crippen LogP contribution < -0.4 is 35.5 Å². The number of nitrogens with one attached hydrogen (secondary N) is 5. The van der Waals surface area contributed by atoms with Crippen molar-refractivity contribution in [3.05, 3.63) is 220 Å². The molecule has 4 aromatic carbocycles. The summed E-state index contributed by atoms with van der Waals surface area (Å²) in [5.41, 5.74) is 7.44. The van der Waals surface area contributed by atoms with Crippen LogP contribution in [0.2, 0.25) is 0 Å². The molecule has 25 nitrogen and oxygen atoms in total. The highest BCUT2D eigenvalue weighted by molar-refractivity contribution is 14.1. The fourth-order valence-corrected chi connectivity index (χ4v) is 12.1. The van der Waals surface area contributed by atoms with E-state index in [1.165, 1.54) is 54.6 Å². The number of rotatable bonds is 19. The Hall–Kier alpha value is -10.7. The average molecular weight is 1490 g/mol. The molecule has 3 saturated heterocycles. The number of aromatic hydroxyl groups is 1. The van der Waals surface area contributed by atoms with E-state index in [4.69, 9.17) is 33.4 Å². The Balaban J connectivity index is 0.000000122. The van der Waals surface area contributed by atoms with Crippen LogP contribution >= 0.6 is 22.6 Å². The maximum atomic E-state index is 14.0. The molecule has 7 atom stereocenters. The molecule has 101 heavy (non-hydrogen) atoms. The van der Waals surface area contributed by atoms with Gasteiger partial charge in [-0.25, -0.2) is 55.6 Å². The maximum absolute atomic E-state index is 14.0. The topological polar surface area (TPSA) is 273 Å². The van der Waals surface area contributed by atoms with Crippen molar-refractivity contribution >= 4 is 68.5 Å². The molecule has 522 valence electrons. The lowest BCUT2D eigenvalue weighted by Crippen LogP contribution is -2.18. The second kappa shape index (κ2) is 31.7. The summed E-state index contributed by atoms with van der Waals surface area (Å²) in [6.07, 6.45) is 20.2. The molecule has 0 aliphatic carbocycles. The summed E-state index contributed by atoms with van der Waals surface area (Å²) in [6.45, 7) is 11.5. The average Bonchev–Trinajstić information content (AvgIpc) is 1.69. The zero-order valence-corrected chi connectivity index (χ0v) is 57.3. The number of halogens is 5. The number of fused-ring (bicyclic) bond motifs is 4. The van der Waals surface area contributed by atoms with Crippen LogP contribution in [-0.2, 0) is 14.2 Å². The number of aromatic amines is 1. The predicted molar refractivity (Wildman–Crippen MR) is 377 cm³/mol. The summed E-state index contributed by atoms with van der Waals surface area (Å²) in [4.78, 5) is 18.1. The lowest BCUT2D eigenvalue weighted by atomic mass is 10.1. The Morgan fingerprint density at radius 3 is 1.31 bits per heavy atom. The van der Waals surface area contributed by atoms with Gasteiger partial charge in [-0.05, 0) is 147 Å². The standard InChI is InChI=1S/C21H21FN6O2.C18H18FIN4O2.C18H19FN4O2.C14H13FN4O/c1-13(17-8-15(22)2-3-19(17)30-16-5-7-29-12-16)26-20-4-6-28-21(27-20)18(11-25-28)14-9-23-24-10-14;1-11(22-17-4-6-24-18(23-17)15(20)9-21-24)14-8-12(19)2-3-16(14)26-13-5-7-25-10-13;1-12(21-17-5-8-23-18(22-17)4-7-20-23)15-10-13(19)2-3-16(15)25-14-6-9-24-11-14;1-9(11-8-10(15)2-3-12(11)20)17-13-5-7-19-14(18-13)4-6-16-19/h2-4,6,8-11,13,16H,5,7,12H2,1H3,(H,23,24)(H,26,27);2-4,6,8-9,11,13H,5,7,10H2,1H3,(H,22,23);2-5,7-8,10,12,14H,6,9,11H2,1H3,(H,21,22);2-9,20H,1H3,(H,17,18). The zero-order chi connectivity index (χ0) is 69.9. The molecule has 0 radical (unpaired) electrons. The zero-order valence-electron chi connectivity index (χ0n) is 55.2. The van der Waals surface area contributed by atoms with Gasteiger partial charge in [0.05, 0.1) is 98.4 Å². The number of ether oxygens (including phenoxy) is 6. The highest BCUT2D eigenvalue weighted by atomic mass is 127. The first-order valence-electron chi connectivity index (χ1n) is 32.7. The molecule has 9 aromatic heterocycles. The van der Waals surface area contributed by atoms with Crippen molar-refractivity contribution in [1.29, 1.82) is 0 Å². The van der Waals surface area contributed by atoms with Crippen molar-refractivity contribution in [2.45, 2.75) is 89.4 Å². The highest BCUT2D eigenvalue weighted by Gasteiger charge is 2.25. The molecule has 13 aromatic rings. The van der Waals surface area contributed by atoms with Crippen LogP contribution in [0.1, 0.15) is 93.4 Å². The van der Waals surface area contributed by atoms with E-state index in [0.29, 0.717) is 97.0 Å². The number of nitrogens with zero attached hydrogens (tertiary/aromatic N) is 13. The number of anilines is 4. The summed E-state index contributed by atoms with van der Waals surface area (Å²) >= 11 is 2.20. The Kier molecular flexibility index (Phi) is 21.6. The number of hydrogen-bond donors (Lipinski definition) is 6. The van der Waals surface area contributed by atoms with E-state index in [-0.39, 0.29) is 71.5 Å². The molecule has 0 amide bonds. The molecule has 6 N–H and O–H groups in total. The molecule has 0 bridgehead atoms. The van der Waals surface area contributed by atoms with Gasteiger partial charge in [-0.1, -0.05) is 0 Å². The summed E-state index contributed by atoms with van der Waals surface area (Å²) in [5.74, 6) is 3.44. The van der Waals surface area contributed by atoms with E-state index in [1.807, 2.05) is 70.6 Å². The third-order valence-electron chi connectivity index (χ3n) is 16.8. The minimum atomic E-state index is -0.384. The van der Waals surface area contributed by atoms with Gasteiger partial charge in [-0.15, -0.1) is 0 Å². The second-order valence-electron chi connectivity index (χ2n) is 24.1. The van der Waals surface area contributed by atoms with Gasteiger partial charge in [0.1, 0.15) is 87.9 Å². The van der Waals surface area contributed by atoms with Crippen molar-refractivity contribution in [3.63, 3.8) is 0 Å². The smallest absolute Gasteiger partial charge is 0.170 e. The monoisotopic (exact) mass is 1490 g/mol. The molecule has 0 spiro atoms. The van der Waals surface area contributed by atoms with Crippen molar-refractivity contribution < 1.29 is 51.1 Å². The van der Waals surface area contributed by atoms with Crippen LogP contribution in [0, 0.1) is 26.8 Å². The Labute approximate surface area is 589 Å². The Morgan fingerprint density at radius 1 is 0.475 bits per heavy atom. The predicted octanol–water partition coefficient (Wildman–Crippen LogP) is 13.4. The Bertz CT molecular complexity index is 4930. The molecule has 7 unspecified atom stereocenters. The first-order chi connectivity index (χ1) is 49.1. The van der Waals surface area contributed by atoms with Crippen molar-refractivity contribution in [2.24, 2.45) is 0 Å². The molecule has 30 heteroatoms. The maximum Gasteiger partial charge on any atom is 0.170 e.